The largest absolute Gasteiger partial charge is 4.00 e. The van der Waals surface area contributed by atoms with Crippen molar-refractivity contribution in [2.75, 3.05) is 0 Å². The average molecular weight is 337 g/mol. The molecule has 0 aromatic carbocycles. The molecule has 0 saturated carbocycles. The fraction of sp³-hybridized carbons (Fsp3) is 0.571. The first-order chi connectivity index (χ1) is 3.33. The molecule has 0 aliphatic heterocycles. The molecule has 0 heterocycles. The van der Waals surface area contributed by atoms with Gasteiger partial charge in [0.25, 0.3) is 0 Å². The summed E-state index contributed by atoms with van der Waals surface area (Å²) in [6.07, 6.45) is 2.92. The van der Waals surface area contributed by atoms with Gasteiger partial charge >= 0.3 is 31.1 Å². The summed E-state index contributed by atoms with van der Waals surface area (Å²) in [5, 5.41) is 0. The van der Waals surface area contributed by atoms with E-state index in [0.29, 0.717) is 0 Å². The van der Waals surface area contributed by atoms with E-state index in [1.165, 1.54) is 0 Å². The Kier molecular flexibility index (Phi) is 48.8. The predicted molar refractivity (Wildman–Crippen MR) is 35.6 cm³/mol. The summed E-state index contributed by atoms with van der Waals surface area (Å²) in [7, 11) is 0. The fourth-order valence-corrected chi connectivity index (χ4v) is 0. The number of rotatable bonds is 1. The van der Waals surface area contributed by atoms with Crippen molar-refractivity contribution in [1.82, 2.24) is 0 Å². The third-order valence-electron chi connectivity index (χ3n) is 0.250. The maximum absolute atomic E-state index is 3.54. The minimum absolute atomic E-state index is 0. The Hall–Kier alpha value is 1.05. The van der Waals surface area contributed by atoms with Gasteiger partial charge in [0.2, 0.25) is 0 Å². The van der Waals surface area contributed by atoms with Crippen LogP contribution in [0.2, 0.25) is 0 Å². The summed E-state index contributed by atoms with van der Waals surface area (Å²) in [5.41, 5.74) is 0. The number of hydrogen-bond acceptors (Lipinski definition) is 0. The van der Waals surface area contributed by atoms with E-state index < -0.39 is 0 Å². The van der Waals surface area contributed by atoms with E-state index in [0.717, 1.165) is 19.3 Å². The van der Waals surface area contributed by atoms with Crippen LogP contribution in [-0.4, -0.2) is 0 Å². The first-order valence-electron chi connectivity index (χ1n) is 2.71. The molecule has 0 rings (SSSR count). The van der Waals surface area contributed by atoms with Crippen LogP contribution in [0.3, 0.4) is 0 Å². The van der Waals surface area contributed by atoms with Gasteiger partial charge in [-0.05, 0) is 0 Å². The van der Waals surface area contributed by atoms with Crippen LogP contribution in [0, 0.1) is 51.9 Å². The van der Waals surface area contributed by atoms with Crippen LogP contribution in [0.15, 0.2) is 0 Å². The SMILES string of the molecule is [CH2-]CC.[CH2-]CC[CH2-].[U+4]. The molecule has 0 N–H and O–H groups in total. The Morgan fingerprint density at radius 2 is 1.12 bits per heavy atom. The van der Waals surface area contributed by atoms with Crippen molar-refractivity contribution in [3.05, 3.63) is 20.8 Å². The molecule has 1 heteroatoms. The van der Waals surface area contributed by atoms with Crippen molar-refractivity contribution in [3.8, 4) is 0 Å². The van der Waals surface area contributed by atoms with Crippen molar-refractivity contribution in [1.29, 1.82) is 0 Å². The van der Waals surface area contributed by atoms with Gasteiger partial charge in [0.05, 0.1) is 0 Å². The standard InChI is InChI=1S/C4H8.C3H7.U/c1-3-4-2;1-3-2;/h1-4H2;1,3H2,2H3;/q-2;-1;+4. The molecule has 0 unspecified atom stereocenters. The van der Waals surface area contributed by atoms with E-state index in [2.05, 4.69) is 20.8 Å². The number of hydrogen-bond donors (Lipinski definition) is 0. The second-order valence-corrected chi connectivity index (χ2v) is 1.21. The van der Waals surface area contributed by atoms with Gasteiger partial charge in [0, 0.05) is 0 Å². The van der Waals surface area contributed by atoms with Gasteiger partial charge in [-0.3, -0.25) is 0 Å². The molecule has 0 fully saturated rings. The zero-order valence-electron chi connectivity index (χ0n) is 5.74. The van der Waals surface area contributed by atoms with Crippen molar-refractivity contribution < 1.29 is 31.1 Å². The first-order valence-corrected chi connectivity index (χ1v) is 2.71. The fourth-order valence-electron chi connectivity index (χ4n) is 0. The summed E-state index contributed by atoms with van der Waals surface area (Å²) in [6, 6.07) is 0. The zero-order chi connectivity index (χ0) is 6.12. The molecule has 0 saturated heterocycles. The second kappa shape index (κ2) is 24.4. The quantitative estimate of drug-likeness (QED) is 0.646. The predicted octanol–water partition coefficient (Wildman–Crippen LogP) is 2.67. The Bertz CT molecular complexity index is 11.9. The van der Waals surface area contributed by atoms with E-state index in [4.69, 9.17) is 0 Å². The molecule has 0 aliphatic carbocycles. The molecule has 0 bridgehead atoms. The summed E-state index contributed by atoms with van der Waals surface area (Å²) in [5.74, 6) is 0. The number of unbranched alkanes of at least 4 members (excludes halogenated alkanes) is 1. The molecule has 8 heavy (non-hydrogen) atoms. The summed E-state index contributed by atoms with van der Waals surface area (Å²) < 4.78 is 0. The maximum Gasteiger partial charge on any atom is 4.00 e. The maximum atomic E-state index is 3.54. The van der Waals surface area contributed by atoms with Gasteiger partial charge < -0.3 is 20.8 Å². The van der Waals surface area contributed by atoms with E-state index in [1.54, 1.807) is 0 Å². The zero-order valence-corrected chi connectivity index (χ0v) is 9.91. The monoisotopic (exact) mass is 337 g/mol. The van der Waals surface area contributed by atoms with Crippen molar-refractivity contribution >= 4 is 0 Å². The molecular weight excluding hydrogens is 322 g/mol. The molecule has 0 aliphatic rings. The van der Waals surface area contributed by atoms with Crippen LogP contribution < -0.4 is 0 Å². The Balaban J connectivity index is -0.0000000575. The molecule has 0 atom stereocenters. The molecule has 0 amide bonds. The van der Waals surface area contributed by atoms with Crippen molar-refractivity contribution in [2.45, 2.75) is 26.2 Å². The summed E-state index contributed by atoms with van der Waals surface area (Å²) in [6.45, 7) is 12.6. The Morgan fingerprint density at radius 1 is 1.00 bits per heavy atom. The van der Waals surface area contributed by atoms with Gasteiger partial charge in [0.1, 0.15) is 0 Å². The third kappa shape index (κ3) is 61.3. The van der Waals surface area contributed by atoms with Crippen LogP contribution in [0.4, 0.5) is 0 Å². The smallest absolute Gasteiger partial charge is 0.346 e. The summed E-state index contributed by atoms with van der Waals surface area (Å²) in [4.78, 5) is 0. The molecule has 0 nitrogen and oxygen atoms in total. The van der Waals surface area contributed by atoms with E-state index in [9.17, 15) is 0 Å². The molecular formula is C7H15U+. The van der Waals surface area contributed by atoms with E-state index >= 15 is 0 Å². The van der Waals surface area contributed by atoms with Crippen molar-refractivity contribution in [3.63, 3.8) is 0 Å². The van der Waals surface area contributed by atoms with Gasteiger partial charge in [-0.2, -0.15) is 6.42 Å². The minimum atomic E-state index is 0. The van der Waals surface area contributed by atoms with E-state index in [-0.39, 0.29) is 31.1 Å². The van der Waals surface area contributed by atoms with Crippen LogP contribution in [0.5, 0.6) is 0 Å². The first kappa shape index (κ1) is 16.0. The van der Waals surface area contributed by atoms with Gasteiger partial charge in [-0.25, -0.2) is 12.8 Å². The van der Waals surface area contributed by atoms with E-state index in [1.807, 2.05) is 6.92 Å². The summed E-state index contributed by atoms with van der Waals surface area (Å²) >= 11 is 0. The molecule has 0 aromatic rings. The van der Waals surface area contributed by atoms with Crippen molar-refractivity contribution in [2.24, 2.45) is 0 Å². The van der Waals surface area contributed by atoms with Crippen LogP contribution >= 0.6 is 0 Å². The average Bonchev–Trinajstić information content (AvgIpc) is 1.69. The Labute approximate surface area is 77.8 Å². The van der Waals surface area contributed by atoms with Gasteiger partial charge in [0.15, 0.2) is 0 Å². The Morgan fingerprint density at radius 3 is 1.12 bits per heavy atom. The van der Waals surface area contributed by atoms with Crippen LogP contribution in [0.25, 0.3) is 0 Å². The second-order valence-electron chi connectivity index (χ2n) is 1.21. The molecule has 0 aromatic heterocycles. The van der Waals surface area contributed by atoms with Gasteiger partial charge in [-0.15, -0.1) is 0 Å². The van der Waals surface area contributed by atoms with Crippen LogP contribution in [-0.2, 0) is 0 Å². The molecule has 46 valence electrons. The topological polar surface area (TPSA) is 0 Å². The minimum Gasteiger partial charge on any atom is -0.346 e. The van der Waals surface area contributed by atoms with Gasteiger partial charge in [-0.1, -0.05) is 6.92 Å². The molecule has 0 spiro atoms. The third-order valence-corrected chi connectivity index (χ3v) is 0.250. The molecule has 0 radical (unpaired) electrons. The van der Waals surface area contributed by atoms with Crippen LogP contribution in [0.1, 0.15) is 26.2 Å². The normalized spacial score (nSPS) is 6.00.